The van der Waals surface area contributed by atoms with Crippen LogP contribution >= 0.6 is 23.2 Å². The van der Waals surface area contributed by atoms with Crippen molar-refractivity contribution in [2.45, 2.75) is 38.5 Å². The molecule has 7 nitrogen and oxygen atoms in total. The monoisotopic (exact) mass is 428 g/mol. The lowest BCUT2D eigenvalue weighted by Gasteiger charge is -2.24. The Kier molecular flexibility index (Phi) is 6.22. The fourth-order valence-electron chi connectivity index (χ4n) is 2.96. The number of amides is 1. The number of carbonyl (C=O) groups excluding carboxylic acids is 1. The third-order valence-electron chi connectivity index (χ3n) is 4.50. The van der Waals surface area contributed by atoms with Crippen LogP contribution in [0.1, 0.15) is 31.9 Å². The third-order valence-corrected chi connectivity index (χ3v) is 5.06. The quantitative estimate of drug-likeness (QED) is 0.716. The van der Waals surface area contributed by atoms with Gasteiger partial charge in [0.05, 0.1) is 18.3 Å². The number of carbonyl (C=O) groups is 1. The molecule has 10 heteroatoms. The van der Waals surface area contributed by atoms with Crippen molar-refractivity contribution < 1.29 is 19.0 Å². The minimum absolute atomic E-state index is 0.0448. The standard InChI is InChI=1S/C18H19Cl2FN4O3/c1-3-15(26)14-8-28-18(27)25(14)16-13(21)7-22-17(24-16)23-9(2)11-5-4-10(19)6-12(11)20/h4-7,9,14-15,26H,3,8H2,1-2H3,(H,22,23,24)/t9-,14+,15+/m0/s1. The van der Waals surface area contributed by atoms with Crippen molar-refractivity contribution in [3.63, 3.8) is 0 Å². The molecule has 0 saturated carbocycles. The van der Waals surface area contributed by atoms with Crippen molar-refractivity contribution in [3.05, 3.63) is 45.8 Å². The van der Waals surface area contributed by atoms with E-state index < -0.39 is 24.1 Å². The summed E-state index contributed by atoms with van der Waals surface area (Å²) in [5.74, 6) is -0.957. The molecule has 1 saturated heterocycles. The Bertz CT molecular complexity index is 886. The molecule has 1 aromatic heterocycles. The number of cyclic esters (lactones) is 1. The summed E-state index contributed by atoms with van der Waals surface area (Å²) in [5, 5.41) is 14.1. The first-order valence-electron chi connectivity index (χ1n) is 8.69. The van der Waals surface area contributed by atoms with E-state index in [1.54, 1.807) is 25.1 Å². The van der Waals surface area contributed by atoms with E-state index >= 15 is 0 Å². The number of benzene rings is 1. The first-order chi connectivity index (χ1) is 13.3. The Hall–Kier alpha value is -2.16. The second-order valence-corrected chi connectivity index (χ2v) is 7.23. The highest BCUT2D eigenvalue weighted by molar-refractivity contribution is 6.35. The summed E-state index contributed by atoms with van der Waals surface area (Å²) in [6.07, 6.45) is -0.303. The molecular formula is C18H19Cl2FN4O3. The molecule has 0 bridgehead atoms. The molecule has 1 aliphatic rings. The van der Waals surface area contributed by atoms with Gasteiger partial charge >= 0.3 is 6.09 Å². The van der Waals surface area contributed by atoms with Gasteiger partial charge in [0.25, 0.3) is 0 Å². The molecule has 1 amide bonds. The number of aliphatic hydroxyl groups is 1. The number of nitrogens with zero attached hydrogens (tertiary/aromatic N) is 3. The molecule has 2 aromatic rings. The molecule has 3 rings (SSSR count). The van der Waals surface area contributed by atoms with Gasteiger partial charge in [-0.3, -0.25) is 0 Å². The van der Waals surface area contributed by atoms with Crippen LogP contribution in [0.3, 0.4) is 0 Å². The smallest absolute Gasteiger partial charge is 0.416 e. The van der Waals surface area contributed by atoms with Crippen molar-refractivity contribution in [2.24, 2.45) is 0 Å². The normalized spacial score (nSPS) is 18.7. The number of ether oxygens (including phenoxy) is 1. The second kappa shape index (κ2) is 8.46. The maximum absolute atomic E-state index is 14.4. The van der Waals surface area contributed by atoms with Crippen molar-refractivity contribution in [1.82, 2.24) is 9.97 Å². The third kappa shape index (κ3) is 4.14. The summed E-state index contributed by atoms with van der Waals surface area (Å²) in [7, 11) is 0. The van der Waals surface area contributed by atoms with Gasteiger partial charge in [-0.15, -0.1) is 0 Å². The van der Waals surface area contributed by atoms with Gasteiger partial charge < -0.3 is 15.2 Å². The number of aliphatic hydroxyl groups excluding tert-OH is 1. The van der Waals surface area contributed by atoms with Gasteiger partial charge in [-0.1, -0.05) is 36.2 Å². The van der Waals surface area contributed by atoms with Gasteiger partial charge in [0.2, 0.25) is 5.95 Å². The average Bonchev–Trinajstić information content (AvgIpc) is 3.03. The summed E-state index contributed by atoms with van der Waals surface area (Å²) in [6, 6.07) is 4.04. The van der Waals surface area contributed by atoms with E-state index in [1.807, 2.05) is 6.92 Å². The van der Waals surface area contributed by atoms with E-state index in [-0.39, 0.29) is 24.4 Å². The number of aromatic nitrogens is 2. The van der Waals surface area contributed by atoms with Crippen LogP contribution in [0, 0.1) is 5.82 Å². The van der Waals surface area contributed by atoms with E-state index in [9.17, 15) is 14.3 Å². The van der Waals surface area contributed by atoms with Gasteiger partial charge in [0, 0.05) is 10.0 Å². The number of rotatable bonds is 6. The summed E-state index contributed by atoms with van der Waals surface area (Å²) < 4.78 is 19.4. The lowest BCUT2D eigenvalue weighted by molar-refractivity contribution is 0.125. The van der Waals surface area contributed by atoms with Crippen LogP contribution in [0.25, 0.3) is 0 Å². The van der Waals surface area contributed by atoms with Crippen molar-refractivity contribution >= 4 is 41.1 Å². The van der Waals surface area contributed by atoms with Crippen LogP contribution in [0.2, 0.25) is 10.0 Å². The van der Waals surface area contributed by atoms with Crippen LogP contribution in [0.15, 0.2) is 24.4 Å². The molecule has 150 valence electrons. The zero-order chi connectivity index (χ0) is 20.4. The number of hydrogen-bond donors (Lipinski definition) is 2. The van der Waals surface area contributed by atoms with Gasteiger partial charge in [-0.05, 0) is 31.0 Å². The minimum atomic E-state index is -0.871. The Morgan fingerprint density at radius 1 is 1.46 bits per heavy atom. The summed E-state index contributed by atoms with van der Waals surface area (Å²) in [4.78, 5) is 21.2. The summed E-state index contributed by atoms with van der Waals surface area (Å²) >= 11 is 12.1. The van der Waals surface area contributed by atoms with E-state index in [2.05, 4.69) is 15.3 Å². The zero-order valence-electron chi connectivity index (χ0n) is 15.2. The Labute approximate surface area is 171 Å². The summed E-state index contributed by atoms with van der Waals surface area (Å²) in [5.41, 5.74) is 0.750. The number of hydrogen-bond acceptors (Lipinski definition) is 6. The van der Waals surface area contributed by atoms with E-state index in [4.69, 9.17) is 27.9 Å². The van der Waals surface area contributed by atoms with Crippen LogP contribution in [0.5, 0.6) is 0 Å². The molecule has 2 N–H and O–H groups in total. The zero-order valence-corrected chi connectivity index (χ0v) is 16.7. The fraction of sp³-hybridized carbons (Fsp3) is 0.389. The van der Waals surface area contributed by atoms with Gasteiger partial charge in [0.1, 0.15) is 12.6 Å². The Balaban J connectivity index is 1.88. The molecule has 0 radical (unpaired) electrons. The van der Waals surface area contributed by atoms with Gasteiger partial charge in [-0.25, -0.2) is 19.1 Å². The number of anilines is 2. The lowest BCUT2D eigenvalue weighted by atomic mass is 10.1. The predicted octanol–water partition coefficient (Wildman–Crippen LogP) is 4.19. The van der Waals surface area contributed by atoms with E-state index in [0.717, 1.165) is 16.7 Å². The number of halogens is 3. The minimum Gasteiger partial charge on any atom is -0.447 e. The predicted molar refractivity (Wildman–Crippen MR) is 104 cm³/mol. The van der Waals surface area contributed by atoms with Gasteiger partial charge in [-0.2, -0.15) is 4.98 Å². The largest absolute Gasteiger partial charge is 0.447 e. The van der Waals surface area contributed by atoms with Crippen LogP contribution in [-0.4, -0.2) is 39.9 Å². The Morgan fingerprint density at radius 3 is 2.89 bits per heavy atom. The molecule has 0 spiro atoms. The molecule has 3 atom stereocenters. The van der Waals surface area contributed by atoms with E-state index in [1.165, 1.54) is 0 Å². The molecule has 1 aromatic carbocycles. The SMILES string of the molecule is CC[C@@H](O)[C@H]1COC(=O)N1c1nc(N[C@@H](C)c2ccc(Cl)cc2Cl)ncc1F. The molecule has 28 heavy (non-hydrogen) atoms. The number of nitrogens with one attached hydrogen (secondary N) is 1. The average molecular weight is 429 g/mol. The summed E-state index contributed by atoms with van der Waals surface area (Å²) in [6.45, 7) is 3.54. The van der Waals surface area contributed by atoms with Crippen molar-refractivity contribution in [1.29, 1.82) is 0 Å². The highest BCUT2D eigenvalue weighted by Crippen LogP contribution is 2.30. The van der Waals surface area contributed by atoms with Crippen molar-refractivity contribution in [2.75, 3.05) is 16.8 Å². The second-order valence-electron chi connectivity index (χ2n) is 6.39. The van der Waals surface area contributed by atoms with E-state index in [0.29, 0.717) is 16.5 Å². The maximum atomic E-state index is 14.4. The highest BCUT2D eigenvalue weighted by atomic mass is 35.5. The van der Waals surface area contributed by atoms with Crippen LogP contribution in [0.4, 0.5) is 21.0 Å². The molecule has 0 aliphatic carbocycles. The fourth-order valence-corrected chi connectivity index (χ4v) is 3.53. The first-order valence-corrected chi connectivity index (χ1v) is 9.45. The highest BCUT2D eigenvalue weighted by Gasteiger charge is 2.40. The van der Waals surface area contributed by atoms with Gasteiger partial charge in [0.15, 0.2) is 11.6 Å². The maximum Gasteiger partial charge on any atom is 0.416 e. The molecule has 1 aliphatic heterocycles. The van der Waals surface area contributed by atoms with Crippen LogP contribution in [-0.2, 0) is 4.74 Å². The van der Waals surface area contributed by atoms with Crippen molar-refractivity contribution in [3.8, 4) is 0 Å². The molecule has 2 heterocycles. The molecule has 1 fully saturated rings. The lowest BCUT2D eigenvalue weighted by Crippen LogP contribution is -2.43. The first kappa shape index (κ1) is 20.6. The molecular weight excluding hydrogens is 410 g/mol. The topological polar surface area (TPSA) is 87.6 Å². The molecule has 0 unspecified atom stereocenters. The Morgan fingerprint density at radius 2 is 2.21 bits per heavy atom. The van der Waals surface area contributed by atoms with Crippen LogP contribution < -0.4 is 10.2 Å².